The van der Waals surface area contributed by atoms with Gasteiger partial charge in [0.2, 0.25) is 0 Å². The number of nitrogens with zero attached hydrogens (tertiary/aromatic N) is 1. The number of halogens is 3. The van der Waals surface area contributed by atoms with Crippen molar-refractivity contribution in [3.05, 3.63) is 90.0 Å². The molecule has 0 atom stereocenters. The number of hydrazone groups is 1. The number of para-hydroxylation sites is 1. The van der Waals surface area contributed by atoms with Crippen LogP contribution in [0.15, 0.2) is 84.0 Å². The highest BCUT2D eigenvalue weighted by Crippen LogP contribution is 2.30. The van der Waals surface area contributed by atoms with E-state index in [2.05, 4.69) is 10.5 Å². The zero-order valence-electron chi connectivity index (χ0n) is 13.2. The smallest absolute Gasteiger partial charge is 0.279 e. The number of benzene rings is 3. The quantitative estimate of drug-likeness (QED) is 0.470. The van der Waals surface area contributed by atoms with E-state index in [1.807, 2.05) is 54.6 Å². The Hall–Kier alpha value is -3.08. The lowest BCUT2D eigenvalue weighted by Gasteiger charge is -2.08. The van der Waals surface area contributed by atoms with Crippen molar-refractivity contribution >= 4 is 11.9 Å². The van der Waals surface area contributed by atoms with Crippen LogP contribution in [0.2, 0.25) is 0 Å². The lowest BCUT2D eigenvalue weighted by molar-refractivity contribution is -0.137. The summed E-state index contributed by atoms with van der Waals surface area (Å²) in [5.41, 5.74) is 5.64. The van der Waals surface area contributed by atoms with Gasteiger partial charge in [0.1, 0.15) is 0 Å². The second-order valence-electron chi connectivity index (χ2n) is 5.43. The fourth-order valence-corrected chi connectivity index (χ4v) is 2.31. The minimum Gasteiger partial charge on any atom is -0.279 e. The zero-order chi connectivity index (χ0) is 17.7. The largest absolute Gasteiger partial charge is 0.416 e. The molecular formula is C20H15F3N2. The first-order chi connectivity index (χ1) is 12.0. The predicted octanol–water partition coefficient (Wildman–Crippen LogP) is 5.82. The minimum absolute atomic E-state index is 0.646. The van der Waals surface area contributed by atoms with E-state index < -0.39 is 11.7 Å². The highest BCUT2D eigenvalue weighted by Gasteiger charge is 2.29. The molecule has 1 N–H and O–H groups in total. The van der Waals surface area contributed by atoms with E-state index in [4.69, 9.17) is 0 Å². The Labute approximate surface area is 143 Å². The van der Waals surface area contributed by atoms with Crippen molar-refractivity contribution in [3.8, 4) is 11.1 Å². The summed E-state index contributed by atoms with van der Waals surface area (Å²) in [4.78, 5) is 0. The zero-order valence-corrected chi connectivity index (χ0v) is 13.2. The Morgan fingerprint density at radius 2 is 1.28 bits per heavy atom. The van der Waals surface area contributed by atoms with E-state index in [-0.39, 0.29) is 0 Å². The number of rotatable bonds is 4. The molecule has 0 aliphatic rings. The highest BCUT2D eigenvalue weighted by atomic mass is 19.4. The topological polar surface area (TPSA) is 24.4 Å². The van der Waals surface area contributed by atoms with Crippen LogP contribution in [0.5, 0.6) is 0 Å². The molecule has 0 heterocycles. The molecule has 0 spiro atoms. The third-order valence-electron chi connectivity index (χ3n) is 3.64. The van der Waals surface area contributed by atoms with Gasteiger partial charge in [0.25, 0.3) is 0 Å². The third-order valence-corrected chi connectivity index (χ3v) is 3.64. The number of nitrogens with one attached hydrogen (secondary N) is 1. The molecule has 0 saturated heterocycles. The van der Waals surface area contributed by atoms with Gasteiger partial charge < -0.3 is 0 Å². The summed E-state index contributed by atoms with van der Waals surface area (Å²) in [6.45, 7) is 0. The van der Waals surface area contributed by atoms with E-state index in [9.17, 15) is 13.2 Å². The van der Waals surface area contributed by atoms with Gasteiger partial charge in [-0.25, -0.2) is 0 Å². The summed E-state index contributed by atoms with van der Waals surface area (Å²) in [6.07, 6.45) is -2.63. The molecule has 0 aliphatic heterocycles. The van der Waals surface area contributed by atoms with Gasteiger partial charge in [0.05, 0.1) is 17.5 Å². The van der Waals surface area contributed by atoms with Crippen molar-refractivity contribution in [1.82, 2.24) is 0 Å². The Morgan fingerprint density at radius 1 is 0.720 bits per heavy atom. The molecule has 0 aliphatic carbocycles. The van der Waals surface area contributed by atoms with Crippen LogP contribution in [0, 0.1) is 0 Å². The van der Waals surface area contributed by atoms with Gasteiger partial charge in [-0.1, -0.05) is 54.6 Å². The van der Waals surface area contributed by atoms with E-state index in [0.29, 0.717) is 0 Å². The maximum absolute atomic E-state index is 12.6. The first-order valence-electron chi connectivity index (χ1n) is 7.64. The number of hydrogen-bond donors (Lipinski definition) is 1. The lowest BCUT2D eigenvalue weighted by atomic mass is 10.0. The van der Waals surface area contributed by atoms with Crippen LogP contribution in [-0.4, -0.2) is 6.21 Å². The normalized spacial score (nSPS) is 11.6. The summed E-state index contributed by atoms with van der Waals surface area (Å²) in [5.74, 6) is 0. The Balaban J connectivity index is 1.68. The summed E-state index contributed by atoms with van der Waals surface area (Å²) in [5, 5.41) is 4.15. The van der Waals surface area contributed by atoms with E-state index in [1.54, 1.807) is 6.21 Å². The number of anilines is 1. The molecule has 3 aromatic rings. The molecule has 0 fully saturated rings. The maximum atomic E-state index is 12.6. The fourth-order valence-electron chi connectivity index (χ4n) is 2.31. The summed E-state index contributed by atoms with van der Waals surface area (Å²) in [6, 6.07) is 22.1. The van der Waals surface area contributed by atoms with Gasteiger partial charge in [-0.15, -0.1) is 0 Å². The molecule has 2 nitrogen and oxygen atoms in total. The third kappa shape index (κ3) is 4.47. The molecule has 5 heteroatoms. The molecule has 0 radical (unpaired) electrons. The van der Waals surface area contributed by atoms with Crippen molar-refractivity contribution in [2.45, 2.75) is 6.18 Å². The van der Waals surface area contributed by atoms with Gasteiger partial charge in [-0.05, 0) is 41.0 Å². The molecule has 0 aromatic heterocycles. The minimum atomic E-state index is -4.31. The second-order valence-corrected chi connectivity index (χ2v) is 5.43. The Kier molecular flexibility index (Phi) is 4.84. The molecule has 3 rings (SSSR count). The van der Waals surface area contributed by atoms with Crippen LogP contribution in [0.3, 0.4) is 0 Å². The molecule has 3 aromatic carbocycles. The molecule has 0 amide bonds. The molecule has 0 saturated carbocycles. The molecule has 126 valence electrons. The summed E-state index contributed by atoms with van der Waals surface area (Å²) >= 11 is 0. The van der Waals surface area contributed by atoms with Gasteiger partial charge >= 0.3 is 6.18 Å². The van der Waals surface area contributed by atoms with Gasteiger partial charge in [0, 0.05) is 0 Å². The lowest BCUT2D eigenvalue weighted by Crippen LogP contribution is -2.03. The standard InChI is InChI=1S/C20H15F3N2/c21-20(22,23)18-12-10-17(11-13-18)16-8-6-15(7-9-16)14-24-25-19-4-2-1-3-5-19/h1-14,25H. The van der Waals surface area contributed by atoms with Crippen LogP contribution < -0.4 is 5.43 Å². The highest BCUT2D eigenvalue weighted by molar-refractivity contribution is 5.81. The summed E-state index contributed by atoms with van der Waals surface area (Å²) in [7, 11) is 0. The monoisotopic (exact) mass is 340 g/mol. The Morgan fingerprint density at radius 3 is 1.84 bits per heavy atom. The first kappa shape index (κ1) is 16.8. The summed E-state index contributed by atoms with van der Waals surface area (Å²) < 4.78 is 37.8. The van der Waals surface area contributed by atoms with E-state index in [0.717, 1.165) is 34.5 Å². The van der Waals surface area contributed by atoms with Crippen molar-refractivity contribution in [2.75, 3.05) is 5.43 Å². The molecule has 0 bridgehead atoms. The Bertz CT molecular complexity index is 837. The van der Waals surface area contributed by atoms with Gasteiger partial charge in [0.15, 0.2) is 0 Å². The van der Waals surface area contributed by atoms with Gasteiger partial charge in [-0.3, -0.25) is 5.43 Å². The molecule has 25 heavy (non-hydrogen) atoms. The SMILES string of the molecule is FC(F)(F)c1ccc(-c2ccc(C=NNc3ccccc3)cc2)cc1. The molecular weight excluding hydrogens is 325 g/mol. The predicted molar refractivity (Wildman–Crippen MR) is 94.5 cm³/mol. The van der Waals surface area contributed by atoms with Crippen molar-refractivity contribution in [3.63, 3.8) is 0 Å². The first-order valence-corrected chi connectivity index (χ1v) is 7.64. The van der Waals surface area contributed by atoms with Crippen molar-refractivity contribution in [2.24, 2.45) is 5.10 Å². The number of alkyl halides is 3. The van der Waals surface area contributed by atoms with Crippen LogP contribution in [0.4, 0.5) is 18.9 Å². The maximum Gasteiger partial charge on any atom is 0.416 e. The van der Waals surface area contributed by atoms with Crippen LogP contribution in [-0.2, 0) is 6.18 Å². The van der Waals surface area contributed by atoms with E-state index >= 15 is 0 Å². The second kappa shape index (κ2) is 7.21. The molecule has 0 unspecified atom stereocenters. The van der Waals surface area contributed by atoms with Crippen LogP contribution in [0.1, 0.15) is 11.1 Å². The average Bonchev–Trinajstić information content (AvgIpc) is 2.63. The number of hydrogen-bond acceptors (Lipinski definition) is 2. The fraction of sp³-hybridized carbons (Fsp3) is 0.0500. The van der Waals surface area contributed by atoms with Crippen LogP contribution >= 0.6 is 0 Å². The van der Waals surface area contributed by atoms with Crippen LogP contribution in [0.25, 0.3) is 11.1 Å². The van der Waals surface area contributed by atoms with Crippen molar-refractivity contribution in [1.29, 1.82) is 0 Å². The average molecular weight is 340 g/mol. The van der Waals surface area contributed by atoms with Crippen molar-refractivity contribution < 1.29 is 13.2 Å². The van der Waals surface area contributed by atoms with Gasteiger partial charge in [-0.2, -0.15) is 18.3 Å². The van der Waals surface area contributed by atoms with E-state index in [1.165, 1.54) is 12.1 Å².